The van der Waals surface area contributed by atoms with E-state index in [9.17, 15) is 19.5 Å². The fourth-order valence-corrected chi connectivity index (χ4v) is 6.72. The van der Waals surface area contributed by atoms with Gasteiger partial charge in [-0.1, -0.05) is 22.0 Å². The number of ether oxygens (including phenoxy) is 3. The van der Waals surface area contributed by atoms with E-state index in [1.807, 2.05) is 0 Å². The van der Waals surface area contributed by atoms with E-state index >= 15 is 0 Å². The number of methoxy groups -OCH3 is 1. The zero-order valence-electron chi connectivity index (χ0n) is 20.1. The Morgan fingerprint density at radius 2 is 2.09 bits per heavy atom. The molecule has 3 heterocycles. The second-order valence-corrected chi connectivity index (χ2v) is 10.3. The van der Waals surface area contributed by atoms with Crippen molar-refractivity contribution in [3.05, 3.63) is 36.9 Å². The Bertz CT molecular complexity index is 1000. The number of rotatable bonds is 9. The van der Waals surface area contributed by atoms with Crippen molar-refractivity contribution in [3.63, 3.8) is 0 Å². The number of nitrogens with zero attached hydrogens (tertiary/aromatic N) is 2. The molecule has 1 aromatic rings. The van der Waals surface area contributed by atoms with Crippen molar-refractivity contribution in [2.45, 2.75) is 48.9 Å². The third-order valence-corrected chi connectivity index (χ3v) is 8.07. The molecule has 1 spiro atoms. The molecule has 7 atom stereocenters. The van der Waals surface area contributed by atoms with Crippen LogP contribution in [0.4, 0.5) is 5.69 Å². The smallest absolute Gasteiger partial charge is 0.312 e. The van der Waals surface area contributed by atoms with E-state index in [0.717, 1.165) is 0 Å². The highest BCUT2D eigenvalue weighted by Crippen LogP contribution is 2.60. The monoisotopic (exact) mass is 550 g/mol. The number of hydrogen-bond donors (Lipinski definition) is 1. The predicted octanol–water partition coefficient (Wildman–Crippen LogP) is 1.91. The molecule has 0 aliphatic carbocycles. The van der Waals surface area contributed by atoms with Crippen LogP contribution in [0.3, 0.4) is 0 Å². The third-order valence-electron chi connectivity index (χ3n) is 7.22. The molecule has 0 saturated carbocycles. The van der Waals surface area contributed by atoms with Crippen molar-refractivity contribution in [2.75, 3.05) is 31.8 Å². The van der Waals surface area contributed by atoms with Crippen LogP contribution in [-0.4, -0.2) is 83.3 Å². The lowest BCUT2D eigenvalue weighted by Crippen LogP contribution is -2.58. The van der Waals surface area contributed by atoms with Crippen LogP contribution in [0.2, 0.25) is 0 Å². The van der Waals surface area contributed by atoms with Crippen LogP contribution in [0.5, 0.6) is 5.75 Å². The molecule has 3 unspecified atom stereocenters. The summed E-state index contributed by atoms with van der Waals surface area (Å²) in [6.07, 6.45) is 1.40. The van der Waals surface area contributed by atoms with E-state index in [-0.39, 0.29) is 36.4 Å². The molecule has 35 heavy (non-hydrogen) atoms. The number of carbonyl (C=O) groups excluding carboxylic acids is 3. The highest BCUT2D eigenvalue weighted by atomic mass is 79.9. The normalized spacial score (nSPS) is 31.7. The van der Waals surface area contributed by atoms with Gasteiger partial charge in [0, 0.05) is 17.1 Å². The van der Waals surface area contributed by atoms with Gasteiger partial charge in [-0.15, -0.1) is 6.58 Å². The number of hydrogen-bond acceptors (Lipinski definition) is 7. The number of alkyl halides is 1. The molecule has 1 aromatic carbocycles. The van der Waals surface area contributed by atoms with Gasteiger partial charge < -0.3 is 29.1 Å². The lowest BCUT2D eigenvalue weighted by atomic mass is 9.70. The molecule has 0 radical (unpaired) electrons. The molecule has 2 amide bonds. The summed E-state index contributed by atoms with van der Waals surface area (Å²) in [6.45, 7) is 7.21. The number of fused-ring (bicyclic) bond motifs is 1. The van der Waals surface area contributed by atoms with Crippen LogP contribution in [0, 0.1) is 11.8 Å². The molecule has 0 aromatic heterocycles. The fourth-order valence-electron chi connectivity index (χ4n) is 5.78. The van der Waals surface area contributed by atoms with E-state index in [4.69, 9.17) is 14.2 Å². The van der Waals surface area contributed by atoms with Crippen LogP contribution in [0.1, 0.15) is 20.3 Å². The Labute approximate surface area is 213 Å². The van der Waals surface area contributed by atoms with Gasteiger partial charge in [0.25, 0.3) is 5.91 Å². The van der Waals surface area contributed by atoms with Crippen LogP contribution >= 0.6 is 15.9 Å². The Morgan fingerprint density at radius 3 is 2.66 bits per heavy atom. The molecule has 2 bridgehead atoms. The first-order valence-corrected chi connectivity index (χ1v) is 12.6. The summed E-state index contributed by atoms with van der Waals surface area (Å²) in [5, 5.41) is 9.98. The number of benzene rings is 1. The molecular weight excluding hydrogens is 520 g/mol. The second kappa shape index (κ2) is 9.91. The van der Waals surface area contributed by atoms with Crippen LogP contribution in [0.15, 0.2) is 36.9 Å². The van der Waals surface area contributed by atoms with E-state index in [2.05, 4.69) is 22.5 Å². The molecule has 10 heteroatoms. The maximum absolute atomic E-state index is 14.3. The predicted molar refractivity (Wildman–Crippen MR) is 131 cm³/mol. The van der Waals surface area contributed by atoms with Gasteiger partial charge in [0.15, 0.2) is 0 Å². The maximum atomic E-state index is 14.3. The van der Waals surface area contributed by atoms with E-state index in [1.54, 1.807) is 51.3 Å². The number of aliphatic hydroxyl groups excluding tert-OH is 1. The molecule has 3 saturated heterocycles. The van der Waals surface area contributed by atoms with Crippen LogP contribution < -0.4 is 9.64 Å². The fraction of sp³-hybridized carbons (Fsp3) is 0.560. The summed E-state index contributed by atoms with van der Waals surface area (Å²) >= 11 is 3.62. The summed E-state index contributed by atoms with van der Waals surface area (Å²) in [5.41, 5.74) is -0.621. The first-order chi connectivity index (χ1) is 16.7. The van der Waals surface area contributed by atoms with Gasteiger partial charge in [0.05, 0.1) is 44.3 Å². The minimum atomic E-state index is -1.22. The Hall–Kier alpha value is -2.43. The summed E-state index contributed by atoms with van der Waals surface area (Å²) in [5.74, 6) is -2.31. The number of anilines is 1. The average molecular weight is 551 g/mol. The highest BCUT2D eigenvalue weighted by Gasteiger charge is 2.77. The Kier molecular flexibility index (Phi) is 7.26. The topological polar surface area (TPSA) is 106 Å². The van der Waals surface area contributed by atoms with Crippen molar-refractivity contribution < 1.29 is 33.7 Å². The quantitative estimate of drug-likeness (QED) is 0.284. The summed E-state index contributed by atoms with van der Waals surface area (Å²) < 4.78 is 16.9. The maximum Gasteiger partial charge on any atom is 0.312 e. The van der Waals surface area contributed by atoms with Gasteiger partial charge in [-0.05, 0) is 44.5 Å². The van der Waals surface area contributed by atoms with Gasteiger partial charge in [-0.2, -0.15) is 0 Å². The van der Waals surface area contributed by atoms with Gasteiger partial charge in [-0.3, -0.25) is 14.4 Å². The highest BCUT2D eigenvalue weighted by molar-refractivity contribution is 9.09. The first kappa shape index (κ1) is 25.7. The summed E-state index contributed by atoms with van der Waals surface area (Å²) in [6, 6.07) is 5.32. The Morgan fingerprint density at radius 1 is 1.40 bits per heavy atom. The third kappa shape index (κ3) is 3.95. The Balaban J connectivity index is 1.80. The van der Waals surface area contributed by atoms with Crippen LogP contribution in [-0.2, 0) is 23.9 Å². The zero-order valence-corrected chi connectivity index (χ0v) is 21.6. The number of carbonyl (C=O) groups is 3. The van der Waals surface area contributed by atoms with Gasteiger partial charge in [0.1, 0.15) is 17.4 Å². The van der Waals surface area contributed by atoms with Crippen molar-refractivity contribution >= 4 is 39.4 Å². The molecule has 190 valence electrons. The van der Waals surface area contributed by atoms with E-state index < -0.39 is 41.6 Å². The number of likely N-dealkylation sites (tertiary alicyclic amines) is 1. The van der Waals surface area contributed by atoms with Crippen molar-refractivity contribution in [2.24, 2.45) is 11.8 Å². The van der Waals surface area contributed by atoms with Crippen molar-refractivity contribution in [3.8, 4) is 5.75 Å². The van der Waals surface area contributed by atoms with Gasteiger partial charge in [-0.25, -0.2) is 0 Å². The molecule has 4 rings (SSSR count). The largest absolute Gasteiger partial charge is 0.497 e. The summed E-state index contributed by atoms with van der Waals surface area (Å²) in [7, 11) is 1.56. The number of halogens is 1. The molecule has 3 fully saturated rings. The first-order valence-electron chi connectivity index (χ1n) is 11.7. The van der Waals surface area contributed by atoms with Crippen molar-refractivity contribution in [1.29, 1.82) is 0 Å². The molecule has 3 aliphatic rings. The number of esters is 1. The minimum absolute atomic E-state index is 0.173. The lowest BCUT2D eigenvalue weighted by Gasteiger charge is -2.38. The van der Waals surface area contributed by atoms with E-state index in [0.29, 0.717) is 17.9 Å². The van der Waals surface area contributed by atoms with Crippen molar-refractivity contribution in [1.82, 2.24) is 4.90 Å². The SMILES string of the molecule is C=CCN(C(=O)C1N([C@H](C)CO)C(=O)[C@@H]2[C@H](C(=O)OCC)[C@H]3OC12CC3Br)c1ccc(OC)cc1. The standard InChI is InChI=1S/C25H31BrN2O7/c1-5-11-27(15-7-9-16(33-4)10-8-15)23(31)21-25-12-17(26)20(35-25)18(24(32)34-6-2)19(25)22(30)28(21)14(3)13-29/h5,7-10,14,17-21,29H,1,6,11-13H2,2-4H3/t14-,17?,18+,19+,20+,21?,25?/m1/s1. The van der Waals surface area contributed by atoms with Crippen LogP contribution in [0.25, 0.3) is 0 Å². The lowest BCUT2D eigenvalue weighted by molar-refractivity contribution is -0.155. The second-order valence-electron chi connectivity index (χ2n) is 9.13. The molecule has 1 N–H and O–H groups in total. The van der Waals surface area contributed by atoms with Gasteiger partial charge in [0.2, 0.25) is 5.91 Å². The number of aliphatic hydroxyl groups is 1. The average Bonchev–Trinajstić information content (AvgIpc) is 3.45. The number of amides is 2. The van der Waals surface area contributed by atoms with Gasteiger partial charge >= 0.3 is 5.97 Å². The summed E-state index contributed by atoms with van der Waals surface area (Å²) in [4.78, 5) is 43.7. The molecule has 9 nitrogen and oxygen atoms in total. The zero-order chi connectivity index (χ0) is 25.5. The molecular formula is C25H31BrN2O7. The van der Waals surface area contributed by atoms with E-state index in [1.165, 1.54) is 9.80 Å². The molecule has 3 aliphatic heterocycles. The minimum Gasteiger partial charge on any atom is -0.497 e.